The zero-order valence-electron chi connectivity index (χ0n) is 15.5. The van der Waals surface area contributed by atoms with Crippen molar-refractivity contribution in [1.29, 1.82) is 5.26 Å². The van der Waals surface area contributed by atoms with E-state index in [2.05, 4.69) is 30.2 Å². The highest BCUT2D eigenvalue weighted by Gasteiger charge is 2.16. The molecule has 3 rings (SSSR count). The topological polar surface area (TPSA) is 61.6 Å². The number of benzene rings is 2. The minimum atomic E-state index is 0.457. The average molecular weight is 375 g/mol. The highest BCUT2D eigenvalue weighted by Crippen LogP contribution is 2.30. The SMILES string of the molecule is CC(C)CCSc1nc(Nc2ccccc2)c(C#N)c(-c2ccccc2)n1. The lowest BCUT2D eigenvalue weighted by atomic mass is 10.1. The molecule has 1 heterocycles. The fourth-order valence-electron chi connectivity index (χ4n) is 2.55. The van der Waals surface area contributed by atoms with Crippen molar-refractivity contribution in [3.05, 3.63) is 66.2 Å². The summed E-state index contributed by atoms with van der Waals surface area (Å²) in [7, 11) is 0. The zero-order valence-corrected chi connectivity index (χ0v) is 16.3. The second kappa shape index (κ2) is 9.20. The maximum Gasteiger partial charge on any atom is 0.190 e. The van der Waals surface area contributed by atoms with Crippen molar-refractivity contribution in [2.75, 3.05) is 11.1 Å². The molecule has 0 saturated carbocycles. The third-order valence-electron chi connectivity index (χ3n) is 4.01. The van der Waals surface area contributed by atoms with Gasteiger partial charge in [-0.1, -0.05) is 74.1 Å². The molecule has 2 aromatic carbocycles. The molecule has 0 spiro atoms. The van der Waals surface area contributed by atoms with Gasteiger partial charge in [0.15, 0.2) is 11.0 Å². The maximum absolute atomic E-state index is 9.80. The molecule has 4 nitrogen and oxygen atoms in total. The number of thioether (sulfide) groups is 1. The quantitative estimate of drug-likeness (QED) is 0.412. The van der Waals surface area contributed by atoms with Gasteiger partial charge in [0.2, 0.25) is 0 Å². The highest BCUT2D eigenvalue weighted by molar-refractivity contribution is 7.99. The zero-order chi connectivity index (χ0) is 19.1. The summed E-state index contributed by atoms with van der Waals surface area (Å²) in [5.41, 5.74) is 2.93. The minimum Gasteiger partial charge on any atom is -0.339 e. The van der Waals surface area contributed by atoms with Crippen LogP contribution in [0.3, 0.4) is 0 Å². The van der Waals surface area contributed by atoms with Gasteiger partial charge in [-0.25, -0.2) is 9.97 Å². The van der Waals surface area contributed by atoms with E-state index in [9.17, 15) is 5.26 Å². The number of nitrogens with zero attached hydrogens (tertiary/aromatic N) is 3. The van der Waals surface area contributed by atoms with Crippen molar-refractivity contribution in [3.8, 4) is 17.3 Å². The molecule has 136 valence electrons. The number of rotatable bonds is 7. The molecule has 27 heavy (non-hydrogen) atoms. The van der Waals surface area contributed by atoms with Gasteiger partial charge in [0.05, 0.1) is 5.69 Å². The molecule has 0 aliphatic heterocycles. The van der Waals surface area contributed by atoms with Crippen LogP contribution < -0.4 is 5.32 Å². The summed E-state index contributed by atoms with van der Waals surface area (Å²) < 4.78 is 0. The lowest BCUT2D eigenvalue weighted by molar-refractivity contribution is 0.631. The van der Waals surface area contributed by atoms with Gasteiger partial charge in [-0.2, -0.15) is 5.26 Å². The molecule has 0 amide bonds. The summed E-state index contributed by atoms with van der Waals surface area (Å²) in [6.07, 6.45) is 1.09. The van der Waals surface area contributed by atoms with E-state index in [0.717, 1.165) is 23.4 Å². The lowest BCUT2D eigenvalue weighted by Gasteiger charge is -2.13. The number of nitrogens with one attached hydrogen (secondary N) is 1. The first kappa shape index (κ1) is 18.9. The normalized spacial score (nSPS) is 10.6. The molecule has 0 bridgehead atoms. The standard InChI is InChI=1S/C22H22N4S/c1-16(2)13-14-27-22-25-20(17-9-5-3-6-10-17)19(15-23)21(26-22)24-18-11-7-4-8-12-18/h3-12,16H,13-14H2,1-2H3,(H,24,25,26). The Bertz CT molecular complexity index is 918. The summed E-state index contributed by atoms with van der Waals surface area (Å²) in [5.74, 6) is 2.12. The van der Waals surface area contributed by atoms with E-state index < -0.39 is 0 Å². The first-order valence-corrected chi connectivity index (χ1v) is 9.98. The molecule has 0 unspecified atom stereocenters. The Morgan fingerprint density at radius 1 is 1.00 bits per heavy atom. The predicted octanol–water partition coefficient (Wildman–Crippen LogP) is 5.90. The predicted molar refractivity (Wildman–Crippen MR) is 112 cm³/mol. The summed E-state index contributed by atoms with van der Waals surface area (Å²) >= 11 is 1.63. The largest absolute Gasteiger partial charge is 0.339 e. The molecular weight excluding hydrogens is 352 g/mol. The molecule has 1 N–H and O–H groups in total. The molecule has 3 aromatic rings. The third kappa shape index (κ3) is 5.08. The van der Waals surface area contributed by atoms with Crippen LogP contribution in [0.2, 0.25) is 0 Å². The summed E-state index contributed by atoms with van der Waals surface area (Å²) in [5, 5.41) is 13.8. The monoisotopic (exact) mass is 374 g/mol. The number of anilines is 2. The van der Waals surface area contributed by atoms with Gasteiger partial charge < -0.3 is 5.32 Å². The van der Waals surface area contributed by atoms with Gasteiger partial charge in [0.25, 0.3) is 0 Å². The Balaban J connectivity index is 2.02. The fourth-order valence-corrected chi connectivity index (χ4v) is 3.63. The molecule has 1 aromatic heterocycles. The van der Waals surface area contributed by atoms with Crippen LogP contribution in [0, 0.1) is 17.2 Å². The number of para-hydroxylation sites is 1. The molecule has 0 atom stereocenters. The Labute approximate surface area is 164 Å². The van der Waals surface area contributed by atoms with E-state index in [-0.39, 0.29) is 0 Å². The molecule has 0 fully saturated rings. The van der Waals surface area contributed by atoms with Gasteiger partial charge in [-0.05, 0) is 24.5 Å². The smallest absolute Gasteiger partial charge is 0.190 e. The highest BCUT2D eigenvalue weighted by atomic mass is 32.2. The van der Waals surface area contributed by atoms with Crippen LogP contribution in [0.1, 0.15) is 25.8 Å². The van der Waals surface area contributed by atoms with Crippen LogP contribution in [0.5, 0.6) is 0 Å². The van der Waals surface area contributed by atoms with Gasteiger partial charge in [-0.15, -0.1) is 0 Å². The van der Waals surface area contributed by atoms with Crippen molar-refractivity contribution in [1.82, 2.24) is 9.97 Å². The van der Waals surface area contributed by atoms with Crippen LogP contribution in [0.25, 0.3) is 11.3 Å². The van der Waals surface area contributed by atoms with Gasteiger partial charge >= 0.3 is 0 Å². The number of hydrogen-bond donors (Lipinski definition) is 1. The first-order valence-electron chi connectivity index (χ1n) is 9.00. The Kier molecular flexibility index (Phi) is 6.45. The van der Waals surface area contributed by atoms with E-state index in [1.807, 2.05) is 60.7 Å². The fraction of sp³-hybridized carbons (Fsp3) is 0.227. The molecule has 0 aliphatic rings. The lowest BCUT2D eigenvalue weighted by Crippen LogP contribution is -2.04. The van der Waals surface area contributed by atoms with E-state index in [4.69, 9.17) is 4.98 Å². The number of nitriles is 1. The number of aromatic nitrogens is 2. The van der Waals surface area contributed by atoms with E-state index in [1.165, 1.54) is 0 Å². The number of hydrogen-bond acceptors (Lipinski definition) is 5. The molecule has 0 radical (unpaired) electrons. The van der Waals surface area contributed by atoms with Crippen LogP contribution in [-0.4, -0.2) is 15.7 Å². The Hall–Kier alpha value is -2.84. The second-order valence-corrected chi connectivity index (χ2v) is 7.64. The van der Waals surface area contributed by atoms with Gasteiger partial charge in [-0.3, -0.25) is 0 Å². The Morgan fingerprint density at radius 2 is 1.67 bits per heavy atom. The van der Waals surface area contributed by atoms with Crippen molar-refractivity contribution >= 4 is 23.3 Å². The summed E-state index contributed by atoms with van der Waals surface area (Å²) in [4.78, 5) is 9.34. The molecule has 0 saturated heterocycles. The van der Waals surface area contributed by atoms with Crippen LogP contribution in [0.4, 0.5) is 11.5 Å². The van der Waals surface area contributed by atoms with E-state index in [0.29, 0.717) is 28.1 Å². The van der Waals surface area contributed by atoms with Crippen LogP contribution in [-0.2, 0) is 0 Å². The molecule has 0 aliphatic carbocycles. The van der Waals surface area contributed by atoms with Crippen LogP contribution in [0.15, 0.2) is 65.8 Å². The van der Waals surface area contributed by atoms with E-state index in [1.54, 1.807) is 11.8 Å². The second-order valence-electron chi connectivity index (χ2n) is 6.58. The molecular formula is C22H22N4S. The van der Waals surface area contributed by atoms with Crippen LogP contribution >= 0.6 is 11.8 Å². The van der Waals surface area contributed by atoms with E-state index >= 15 is 0 Å². The molecule has 5 heteroatoms. The summed E-state index contributed by atoms with van der Waals surface area (Å²) in [6, 6.07) is 21.9. The Morgan fingerprint density at radius 3 is 2.30 bits per heavy atom. The van der Waals surface area contributed by atoms with Crippen molar-refractivity contribution in [2.45, 2.75) is 25.4 Å². The minimum absolute atomic E-state index is 0.457. The first-order chi connectivity index (χ1) is 13.2. The summed E-state index contributed by atoms with van der Waals surface area (Å²) in [6.45, 7) is 4.41. The van der Waals surface area contributed by atoms with Crippen molar-refractivity contribution in [2.24, 2.45) is 5.92 Å². The van der Waals surface area contributed by atoms with Gasteiger partial charge in [0.1, 0.15) is 11.6 Å². The van der Waals surface area contributed by atoms with Crippen molar-refractivity contribution in [3.63, 3.8) is 0 Å². The van der Waals surface area contributed by atoms with Gasteiger partial charge in [0, 0.05) is 17.0 Å². The van der Waals surface area contributed by atoms with Crippen molar-refractivity contribution < 1.29 is 0 Å². The maximum atomic E-state index is 9.80. The third-order valence-corrected chi connectivity index (χ3v) is 4.89. The average Bonchev–Trinajstić information content (AvgIpc) is 2.69.